The number of aliphatic hydroxyl groups is 1. The summed E-state index contributed by atoms with van der Waals surface area (Å²) in [4.78, 5) is 2.60. The molecule has 4 atom stereocenters. The maximum Gasteiger partial charge on any atom is 0.0471 e. The summed E-state index contributed by atoms with van der Waals surface area (Å²) < 4.78 is 0. The number of aliphatic hydroxyl groups excluding tert-OH is 1. The van der Waals surface area contributed by atoms with E-state index < -0.39 is 0 Å². The first-order valence-corrected chi connectivity index (χ1v) is 6.86. The first kappa shape index (κ1) is 10.8. The Morgan fingerprint density at radius 2 is 2.19 bits per heavy atom. The van der Waals surface area contributed by atoms with Crippen molar-refractivity contribution in [1.29, 1.82) is 0 Å². The first-order valence-electron chi connectivity index (χ1n) is 6.86. The second-order valence-corrected chi connectivity index (χ2v) is 5.99. The molecule has 1 heterocycles. The van der Waals surface area contributed by atoms with E-state index in [0.29, 0.717) is 12.5 Å². The van der Waals surface area contributed by atoms with Gasteiger partial charge in [0.2, 0.25) is 0 Å². The minimum absolute atomic E-state index is 0.382. The highest BCUT2D eigenvalue weighted by atomic mass is 16.3. The van der Waals surface area contributed by atoms with Gasteiger partial charge in [-0.25, -0.2) is 0 Å². The van der Waals surface area contributed by atoms with E-state index in [2.05, 4.69) is 17.1 Å². The van der Waals surface area contributed by atoms with Crippen LogP contribution in [0.15, 0.2) is 12.2 Å². The summed E-state index contributed by atoms with van der Waals surface area (Å²) in [5.74, 6) is 3.23. The molecule has 1 saturated heterocycles. The molecule has 0 spiro atoms. The third kappa shape index (κ3) is 2.05. The lowest BCUT2D eigenvalue weighted by Gasteiger charge is -2.34. The smallest absolute Gasteiger partial charge is 0.0471 e. The maximum absolute atomic E-state index is 9.24. The Labute approximate surface area is 98.3 Å². The van der Waals surface area contributed by atoms with E-state index in [4.69, 9.17) is 0 Å². The zero-order chi connectivity index (χ0) is 11.0. The predicted molar refractivity (Wildman–Crippen MR) is 65.1 cm³/mol. The van der Waals surface area contributed by atoms with E-state index in [1.165, 1.54) is 38.8 Å². The molecule has 0 unspecified atom stereocenters. The van der Waals surface area contributed by atoms with Crippen LogP contribution in [0.1, 0.15) is 25.7 Å². The van der Waals surface area contributed by atoms with E-state index in [9.17, 15) is 5.11 Å². The lowest BCUT2D eigenvalue weighted by Crippen LogP contribution is -2.40. The van der Waals surface area contributed by atoms with E-state index in [1.807, 2.05) is 0 Å². The molecule has 0 aromatic carbocycles. The van der Waals surface area contributed by atoms with Crippen LogP contribution in [0.25, 0.3) is 0 Å². The predicted octanol–water partition coefficient (Wildman–Crippen LogP) is 1.90. The Balaban J connectivity index is 1.53. The van der Waals surface area contributed by atoms with Gasteiger partial charge in [-0.1, -0.05) is 12.2 Å². The van der Waals surface area contributed by atoms with Crippen molar-refractivity contribution in [2.24, 2.45) is 23.7 Å². The van der Waals surface area contributed by atoms with Crippen LogP contribution in [0, 0.1) is 23.7 Å². The fraction of sp³-hybridized carbons (Fsp3) is 0.857. The van der Waals surface area contributed by atoms with Gasteiger partial charge in [0, 0.05) is 19.7 Å². The Morgan fingerprint density at radius 1 is 1.25 bits per heavy atom. The van der Waals surface area contributed by atoms with Crippen molar-refractivity contribution in [3.63, 3.8) is 0 Å². The summed E-state index contributed by atoms with van der Waals surface area (Å²) in [6, 6.07) is 0. The molecule has 2 fully saturated rings. The summed E-state index contributed by atoms with van der Waals surface area (Å²) in [6.45, 7) is 4.05. The lowest BCUT2D eigenvalue weighted by molar-refractivity contribution is 0.104. The van der Waals surface area contributed by atoms with Crippen LogP contribution in [0.5, 0.6) is 0 Å². The number of likely N-dealkylation sites (tertiary alicyclic amines) is 1. The fourth-order valence-corrected chi connectivity index (χ4v) is 3.90. The maximum atomic E-state index is 9.24. The highest BCUT2D eigenvalue weighted by molar-refractivity contribution is 5.10. The van der Waals surface area contributed by atoms with Gasteiger partial charge in [0.05, 0.1) is 0 Å². The van der Waals surface area contributed by atoms with Gasteiger partial charge >= 0.3 is 0 Å². The van der Waals surface area contributed by atoms with Gasteiger partial charge in [-0.05, 0) is 55.9 Å². The molecule has 0 aromatic rings. The molecule has 2 heteroatoms. The average Bonchev–Trinajstić information content (AvgIpc) is 2.91. The van der Waals surface area contributed by atoms with Crippen molar-refractivity contribution in [2.75, 3.05) is 26.2 Å². The van der Waals surface area contributed by atoms with Gasteiger partial charge in [-0.2, -0.15) is 0 Å². The van der Waals surface area contributed by atoms with Crippen molar-refractivity contribution in [2.45, 2.75) is 25.7 Å². The lowest BCUT2D eigenvalue weighted by atomic mass is 9.91. The highest BCUT2D eigenvalue weighted by Crippen LogP contribution is 2.43. The van der Waals surface area contributed by atoms with Gasteiger partial charge in [0.25, 0.3) is 0 Å². The number of rotatable bonds is 3. The van der Waals surface area contributed by atoms with Crippen LogP contribution in [0.3, 0.4) is 0 Å². The average molecular weight is 221 g/mol. The van der Waals surface area contributed by atoms with Crippen molar-refractivity contribution in [1.82, 2.24) is 4.90 Å². The molecule has 2 bridgehead atoms. The molecule has 0 aromatic heterocycles. The molecular weight excluding hydrogens is 198 g/mol. The Kier molecular flexibility index (Phi) is 3.03. The second kappa shape index (κ2) is 4.50. The summed E-state index contributed by atoms with van der Waals surface area (Å²) in [5, 5.41) is 9.24. The molecule has 2 aliphatic carbocycles. The molecule has 1 saturated carbocycles. The number of hydrogen-bond donors (Lipinski definition) is 1. The largest absolute Gasteiger partial charge is 0.396 e. The van der Waals surface area contributed by atoms with Crippen molar-refractivity contribution in [3.05, 3.63) is 12.2 Å². The fourth-order valence-electron chi connectivity index (χ4n) is 3.90. The van der Waals surface area contributed by atoms with Crippen molar-refractivity contribution < 1.29 is 5.11 Å². The Hall–Kier alpha value is -0.340. The molecule has 2 nitrogen and oxygen atoms in total. The van der Waals surface area contributed by atoms with Crippen molar-refractivity contribution >= 4 is 0 Å². The van der Waals surface area contributed by atoms with Gasteiger partial charge in [-0.3, -0.25) is 0 Å². The van der Waals surface area contributed by atoms with Gasteiger partial charge in [0.1, 0.15) is 0 Å². The summed E-state index contributed by atoms with van der Waals surface area (Å²) >= 11 is 0. The molecule has 1 N–H and O–H groups in total. The number of allylic oxidation sites excluding steroid dienone is 2. The topological polar surface area (TPSA) is 23.5 Å². The van der Waals surface area contributed by atoms with E-state index in [0.717, 1.165) is 24.3 Å². The standard InChI is InChI=1S/C14H23NO/c16-10-12-2-1-5-15(8-12)9-14-7-11-3-4-13(14)6-11/h3-4,11-14,16H,1-2,5-10H2/t11-,12+,13-,14-/m0/s1. The van der Waals surface area contributed by atoms with Gasteiger partial charge < -0.3 is 10.0 Å². The minimum Gasteiger partial charge on any atom is -0.396 e. The number of piperidine rings is 1. The summed E-state index contributed by atoms with van der Waals surface area (Å²) in [7, 11) is 0. The summed E-state index contributed by atoms with van der Waals surface area (Å²) in [5.41, 5.74) is 0. The Bertz CT molecular complexity index is 276. The zero-order valence-corrected chi connectivity index (χ0v) is 10.0. The van der Waals surface area contributed by atoms with Crippen LogP contribution in [0.2, 0.25) is 0 Å². The minimum atomic E-state index is 0.382. The van der Waals surface area contributed by atoms with Gasteiger partial charge in [0.15, 0.2) is 0 Å². The third-order valence-corrected chi connectivity index (χ3v) is 4.77. The molecule has 0 amide bonds. The third-order valence-electron chi connectivity index (χ3n) is 4.77. The van der Waals surface area contributed by atoms with Crippen LogP contribution in [-0.4, -0.2) is 36.2 Å². The van der Waals surface area contributed by atoms with E-state index >= 15 is 0 Å². The second-order valence-electron chi connectivity index (χ2n) is 5.99. The SMILES string of the molecule is OC[C@@H]1CCCN(C[C@@H]2C[C@H]3C=C[C@H]2C3)C1. The Morgan fingerprint density at radius 3 is 2.88 bits per heavy atom. The number of fused-ring (bicyclic) bond motifs is 2. The van der Waals surface area contributed by atoms with Crippen LogP contribution >= 0.6 is 0 Å². The molecule has 3 rings (SSSR count). The first-order chi connectivity index (χ1) is 7.85. The van der Waals surface area contributed by atoms with Crippen LogP contribution in [-0.2, 0) is 0 Å². The normalized spacial score (nSPS) is 43.1. The summed E-state index contributed by atoms with van der Waals surface area (Å²) in [6.07, 6.45) is 10.2. The molecule has 0 radical (unpaired) electrons. The van der Waals surface area contributed by atoms with Crippen molar-refractivity contribution in [3.8, 4) is 0 Å². The quantitative estimate of drug-likeness (QED) is 0.736. The molecule has 16 heavy (non-hydrogen) atoms. The van der Waals surface area contributed by atoms with Gasteiger partial charge in [-0.15, -0.1) is 0 Å². The molecule has 1 aliphatic heterocycles. The van der Waals surface area contributed by atoms with Crippen LogP contribution in [0.4, 0.5) is 0 Å². The number of hydrogen-bond acceptors (Lipinski definition) is 2. The zero-order valence-electron chi connectivity index (χ0n) is 10.0. The highest BCUT2D eigenvalue weighted by Gasteiger charge is 2.36. The van der Waals surface area contributed by atoms with E-state index in [-0.39, 0.29) is 0 Å². The molecular formula is C14H23NO. The molecule has 3 aliphatic rings. The molecule has 90 valence electrons. The van der Waals surface area contributed by atoms with E-state index in [1.54, 1.807) is 0 Å². The number of nitrogens with zero attached hydrogens (tertiary/aromatic N) is 1. The monoisotopic (exact) mass is 221 g/mol. The van der Waals surface area contributed by atoms with Crippen LogP contribution < -0.4 is 0 Å².